The summed E-state index contributed by atoms with van der Waals surface area (Å²) in [6.07, 6.45) is -5.06. The molecule has 15 heteroatoms. The van der Waals surface area contributed by atoms with E-state index in [0.29, 0.717) is 18.8 Å². The van der Waals surface area contributed by atoms with Crippen LogP contribution in [0, 0.1) is 46.3 Å². The Morgan fingerprint density at radius 3 is 2.30 bits per heavy atom. The normalized spacial score (nSPS) is 48.0. The SMILES string of the molecule is CC(C)=C[C@@H]1[C@@H](C)[C@H]2C(C[C@H]3[C@@H]4CC=C5C[C@@H](O[C@@H]6O[C@H](CO)[C@@H](O)[C@H](O)[C@H]6O[C@@H]6O[C@@H](C)[C@H](OC(=O)c7ccc(O)cc7)[C@@H](O)[C@H]6O)CC[C@]5(C)[C@H]4CC[C@]23C=O)O[C@H]1O. The van der Waals surface area contributed by atoms with E-state index >= 15 is 0 Å². The number of phenolic OH excluding ortho intramolecular Hbond substituents is 1. The molecular weight excluding hydrogens is 792 g/mol. The monoisotopic (exact) mass is 856 g/mol. The second-order valence-electron chi connectivity index (χ2n) is 19.5. The van der Waals surface area contributed by atoms with Gasteiger partial charge in [0, 0.05) is 17.3 Å². The standard InChI is InChI=1S/C46H64O15/c1-21(2)16-29-22(3)34-32(58-42(29)55)18-31-28-11-8-25-17-27(12-14-45(25,5)30(28)13-15-46(31,34)20-48)57-44-40(36(51)35(50)33(19-47)59-44)61-43-38(53)37(52)39(23(4)56-43)60-41(54)24-6-9-26(49)10-7-24/h6-10,16,20,22-23,27-40,42-44,47,49-53,55H,11-15,17-19H2,1-5H3/t22-,23+,27+,28-,29-,30+,31+,32?,33-,34+,35-,36+,37+,38-,39+,40-,42-,43+,44-,45+,46-/m1/s1. The van der Waals surface area contributed by atoms with E-state index in [1.165, 1.54) is 43.0 Å². The van der Waals surface area contributed by atoms with Crippen molar-refractivity contribution < 1.29 is 73.8 Å². The zero-order valence-electron chi connectivity index (χ0n) is 35.6. The zero-order valence-corrected chi connectivity index (χ0v) is 35.6. The number of aromatic hydroxyl groups is 1. The maximum Gasteiger partial charge on any atom is 0.338 e. The molecular formula is C46H64O15. The van der Waals surface area contributed by atoms with Gasteiger partial charge < -0.3 is 69.0 Å². The average molecular weight is 857 g/mol. The van der Waals surface area contributed by atoms with Crippen molar-refractivity contribution in [1.82, 2.24) is 0 Å². The summed E-state index contributed by atoms with van der Waals surface area (Å²) in [5, 5.41) is 75.2. The minimum Gasteiger partial charge on any atom is -0.508 e. The lowest BCUT2D eigenvalue weighted by Gasteiger charge is -2.58. The van der Waals surface area contributed by atoms with Gasteiger partial charge in [0.05, 0.1) is 30.5 Å². The van der Waals surface area contributed by atoms with E-state index in [0.717, 1.165) is 37.7 Å². The lowest BCUT2D eigenvalue weighted by molar-refractivity contribution is -0.369. The number of rotatable bonds is 9. The molecule has 0 spiro atoms. The third kappa shape index (κ3) is 7.83. The summed E-state index contributed by atoms with van der Waals surface area (Å²) in [4.78, 5) is 26.2. The summed E-state index contributed by atoms with van der Waals surface area (Å²) in [6, 6.07) is 5.33. The summed E-state index contributed by atoms with van der Waals surface area (Å²) >= 11 is 0. The molecule has 4 aliphatic carbocycles. The molecule has 8 rings (SSSR count). The number of fused-ring (bicyclic) bond motifs is 7. The van der Waals surface area contributed by atoms with Crippen molar-refractivity contribution in [2.24, 2.45) is 46.3 Å². The Kier molecular flexibility index (Phi) is 12.7. The predicted molar refractivity (Wildman–Crippen MR) is 215 cm³/mol. The van der Waals surface area contributed by atoms with E-state index in [-0.39, 0.29) is 52.4 Å². The van der Waals surface area contributed by atoms with Gasteiger partial charge in [-0.2, -0.15) is 0 Å². The first-order valence-electron chi connectivity index (χ1n) is 22.1. The first kappa shape index (κ1) is 44.8. The van der Waals surface area contributed by atoms with Gasteiger partial charge in [-0.3, -0.25) is 0 Å². The third-order valence-electron chi connectivity index (χ3n) is 15.9. The number of carbonyl (C=O) groups is 2. The molecule has 0 aromatic heterocycles. The van der Waals surface area contributed by atoms with Crippen LogP contribution < -0.4 is 0 Å². The van der Waals surface area contributed by atoms with Crippen molar-refractivity contribution in [2.45, 2.75) is 159 Å². The van der Waals surface area contributed by atoms with Crippen molar-refractivity contribution >= 4 is 12.3 Å². The molecule has 61 heavy (non-hydrogen) atoms. The van der Waals surface area contributed by atoms with Crippen LogP contribution in [0.15, 0.2) is 47.6 Å². The van der Waals surface area contributed by atoms with Gasteiger partial charge >= 0.3 is 5.97 Å². The number of allylic oxidation sites excluding steroid dienone is 2. The van der Waals surface area contributed by atoms with Crippen LogP contribution in [-0.4, -0.2) is 135 Å². The molecule has 3 aliphatic heterocycles. The Balaban J connectivity index is 0.957. The molecule has 3 saturated heterocycles. The fourth-order valence-corrected chi connectivity index (χ4v) is 12.8. The molecule has 6 fully saturated rings. The molecule has 3 saturated carbocycles. The van der Waals surface area contributed by atoms with Crippen LogP contribution in [0.4, 0.5) is 0 Å². The smallest absolute Gasteiger partial charge is 0.338 e. The van der Waals surface area contributed by atoms with Gasteiger partial charge in [-0.15, -0.1) is 0 Å². The van der Waals surface area contributed by atoms with Gasteiger partial charge in [-0.1, -0.05) is 37.1 Å². The fraction of sp³-hybridized carbons (Fsp3) is 0.739. The van der Waals surface area contributed by atoms with Crippen LogP contribution in [0.3, 0.4) is 0 Å². The zero-order chi connectivity index (χ0) is 43.7. The van der Waals surface area contributed by atoms with E-state index in [9.17, 15) is 45.3 Å². The summed E-state index contributed by atoms with van der Waals surface area (Å²) < 4.78 is 36.4. The van der Waals surface area contributed by atoms with E-state index < -0.39 is 91.8 Å². The van der Waals surface area contributed by atoms with E-state index in [1.807, 2.05) is 13.8 Å². The lowest BCUT2D eigenvalue weighted by Crippen LogP contribution is -2.64. The van der Waals surface area contributed by atoms with Crippen molar-refractivity contribution in [3.63, 3.8) is 0 Å². The number of aldehydes is 1. The van der Waals surface area contributed by atoms with Crippen LogP contribution in [0.5, 0.6) is 5.75 Å². The van der Waals surface area contributed by atoms with Crippen LogP contribution in [-0.2, 0) is 33.2 Å². The molecule has 3 heterocycles. The van der Waals surface area contributed by atoms with Crippen LogP contribution in [0.1, 0.15) is 89.9 Å². The van der Waals surface area contributed by atoms with Crippen molar-refractivity contribution in [1.29, 1.82) is 0 Å². The number of phenols is 1. The molecule has 1 unspecified atom stereocenters. The van der Waals surface area contributed by atoms with Gasteiger partial charge in [0.15, 0.2) is 25.0 Å². The molecule has 0 bridgehead atoms. The van der Waals surface area contributed by atoms with E-state index in [4.69, 9.17) is 28.4 Å². The van der Waals surface area contributed by atoms with Gasteiger partial charge in [0.25, 0.3) is 0 Å². The second-order valence-corrected chi connectivity index (χ2v) is 19.5. The maximum absolute atomic E-state index is 13.3. The van der Waals surface area contributed by atoms with Crippen molar-refractivity contribution in [2.75, 3.05) is 6.61 Å². The molecule has 1 aromatic rings. The van der Waals surface area contributed by atoms with Crippen LogP contribution >= 0.6 is 0 Å². The summed E-state index contributed by atoms with van der Waals surface area (Å²) in [5.41, 5.74) is 1.82. The first-order chi connectivity index (χ1) is 29.0. The minimum absolute atomic E-state index is 0.0340. The van der Waals surface area contributed by atoms with E-state index in [1.54, 1.807) is 0 Å². The van der Waals surface area contributed by atoms with Gasteiger partial charge in [0.1, 0.15) is 48.7 Å². The average Bonchev–Trinajstić information content (AvgIpc) is 3.57. The Bertz CT molecular complexity index is 1820. The topological polar surface area (TPSA) is 231 Å². The number of ether oxygens (including phenoxy) is 6. The highest BCUT2D eigenvalue weighted by Gasteiger charge is 2.66. The lowest BCUT2D eigenvalue weighted by atomic mass is 9.46. The minimum atomic E-state index is -1.76. The molecule has 0 amide bonds. The molecule has 7 N–H and O–H groups in total. The highest BCUT2D eigenvalue weighted by molar-refractivity contribution is 5.89. The number of esters is 1. The molecule has 7 aliphatic rings. The molecule has 21 atom stereocenters. The summed E-state index contributed by atoms with van der Waals surface area (Å²) in [6.45, 7) is 9.45. The highest BCUT2D eigenvalue weighted by atomic mass is 16.8. The highest BCUT2D eigenvalue weighted by Crippen LogP contribution is 2.68. The van der Waals surface area contributed by atoms with Crippen LogP contribution in [0.25, 0.3) is 0 Å². The third-order valence-corrected chi connectivity index (χ3v) is 15.9. The number of aliphatic hydroxyl groups is 6. The Hall–Kier alpha value is -2.80. The van der Waals surface area contributed by atoms with Crippen molar-refractivity contribution in [3.8, 4) is 5.75 Å². The molecule has 15 nitrogen and oxygen atoms in total. The Morgan fingerprint density at radius 1 is 0.885 bits per heavy atom. The number of carbonyl (C=O) groups excluding carboxylic acids is 2. The molecule has 0 radical (unpaired) electrons. The van der Waals surface area contributed by atoms with Gasteiger partial charge in [-0.05, 0) is 119 Å². The Morgan fingerprint density at radius 2 is 1.61 bits per heavy atom. The Labute approximate surface area is 356 Å². The van der Waals surface area contributed by atoms with Gasteiger partial charge in [0.2, 0.25) is 0 Å². The first-order valence-corrected chi connectivity index (χ1v) is 22.1. The number of hydrogen-bond donors (Lipinski definition) is 7. The van der Waals surface area contributed by atoms with E-state index in [2.05, 4.69) is 26.0 Å². The number of aliphatic hydroxyl groups excluding tert-OH is 6. The second kappa shape index (κ2) is 17.3. The fourth-order valence-electron chi connectivity index (χ4n) is 12.8. The summed E-state index contributed by atoms with van der Waals surface area (Å²) in [7, 11) is 0. The number of benzene rings is 1. The summed E-state index contributed by atoms with van der Waals surface area (Å²) in [5.74, 6) is -0.149. The molecule has 1 aromatic carbocycles. The predicted octanol–water partition coefficient (Wildman–Crippen LogP) is 2.90. The largest absolute Gasteiger partial charge is 0.508 e. The quantitative estimate of drug-likeness (QED) is 0.108. The van der Waals surface area contributed by atoms with Gasteiger partial charge in [-0.25, -0.2) is 4.79 Å². The maximum atomic E-state index is 13.3. The molecule has 338 valence electrons. The van der Waals surface area contributed by atoms with Crippen LogP contribution in [0.2, 0.25) is 0 Å². The van der Waals surface area contributed by atoms with Crippen molar-refractivity contribution in [3.05, 3.63) is 53.1 Å². The number of hydrogen-bond acceptors (Lipinski definition) is 15.